The van der Waals surface area contributed by atoms with Crippen molar-refractivity contribution in [3.8, 4) is 0 Å². The van der Waals surface area contributed by atoms with Crippen LogP contribution >= 0.6 is 11.3 Å². The molecule has 1 atom stereocenters. The fourth-order valence-corrected chi connectivity index (χ4v) is 2.24. The zero-order valence-corrected chi connectivity index (χ0v) is 12.1. The van der Waals surface area contributed by atoms with E-state index >= 15 is 0 Å². The normalized spacial score (nSPS) is 12.2. The van der Waals surface area contributed by atoms with Gasteiger partial charge in [0.15, 0.2) is 10.8 Å². The maximum absolute atomic E-state index is 11.6. The number of esters is 1. The minimum Gasteiger partial charge on any atom is -0.461 e. The number of aryl methyl sites for hydroxylation is 1. The highest BCUT2D eigenvalue weighted by molar-refractivity contribution is 7.15. The summed E-state index contributed by atoms with van der Waals surface area (Å²) in [5, 5.41) is 3.89. The van der Waals surface area contributed by atoms with E-state index in [1.165, 1.54) is 11.3 Å². The largest absolute Gasteiger partial charge is 0.461 e. The van der Waals surface area contributed by atoms with Gasteiger partial charge in [0, 0.05) is 18.0 Å². The number of carbonyl (C=O) groups excluding carboxylic acids is 1. The Hall–Kier alpha value is -1.14. The molecule has 1 rings (SSSR count). The highest BCUT2D eigenvalue weighted by Crippen LogP contribution is 2.22. The lowest BCUT2D eigenvalue weighted by atomic mass is 10.4. The van der Waals surface area contributed by atoms with E-state index in [4.69, 9.17) is 9.47 Å². The van der Waals surface area contributed by atoms with Crippen LogP contribution in [-0.4, -0.2) is 36.8 Å². The molecule has 1 unspecified atom stereocenters. The van der Waals surface area contributed by atoms with Crippen molar-refractivity contribution in [3.63, 3.8) is 0 Å². The van der Waals surface area contributed by atoms with Gasteiger partial charge in [-0.05, 0) is 27.7 Å². The van der Waals surface area contributed by atoms with Crippen LogP contribution in [0.5, 0.6) is 0 Å². The molecular weight excluding hydrogens is 252 g/mol. The van der Waals surface area contributed by atoms with Crippen LogP contribution in [0.1, 0.15) is 36.1 Å². The van der Waals surface area contributed by atoms with Crippen LogP contribution < -0.4 is 5.32 Å². The number of nitrogens with zero attached hydrogens (tertiary/aromatic N) is 1. The summed E-state index contributed by atoms with van der Waals surface area (Å²) < 4.78 is 10.3. The van der Waals surface area contributed by atoms with E-state index in [0.717, 1.165) is 10.0 Å². The molecule has 0 radical (unpaired) electrons. The van der Waals surface area contributed by atoms with Crippen LogP contribution in [0.25, 0.3) is 0 Å². The van der Waals surface area contributed by atoms with Gasteiger partial charge in [0.1, 0.15) is 0 Å². The van der Waals surface area contributed by atoms with Gasteiger partial charge in [-0.15, -0.1) is 11.3 Å². The molecule has 0 aliphatic heterocycles. The smallest absolute Gasteiger partial charge is 0.358 e. The van der Waals surface area contributed by atoms with Crippen molar-refractivity contribution in [2.45, 2.75) is 33.8 Å². The minimum absolute atomic E-state index is 0.116. The van der Waals surface area contributed by atoms with Crippen LogP contribution in [0.15, 0.2) is 0 Å². The van der Waals surface area contributed by atoms with Gasteiger partial charge in [-0.2, -0.15) is 0 Å². The Morgan fingerprint density at radius 1 is 1.44 bits per heavy atom. The molecule has 0 aromatic carbocycles. The van der Waals surface area contributed by atoms with Crippen LogP contribution in [0.2, 0.25) is 0 Å². The number of carbonyl (C=O) groups is 1. The maximum atomic E-state index is 11.6. The van der Waals surface area contributed by atoms with E-state index in [2.05, 4.69) is 10.3 Å². The molecule has 0 amide bonds. The van der Waals surface area contributed by atoms with Crippen molar-refractivity contribution in [1.29, 1.82) is 0 Å². The first-order valence-electron chi connectivity index (χ1n) is 6.08. The molecule has 0 aliphatic rings. The van der Waals surface area contributed by atoms with E-state index in [1.54, 1.807) is 6.92 Å². The molecule has 1 aromatic heterocycles. The molecule has 5 nitrogen and oxygen atoms in total. The number of rotatable bonds is 7. The Morgan fingerprint density at radius 3 is 2.78 bits per heavy atom. The number of thiazole rings is 1. The number of hydrogen-bond acceptors (Lipinski definition) is 6. The summed E-state index contributed by atoms with van der Waals surface area (Å²) in [6.07, 6.45) is 0.116. The van der Waals surface area contributed by atoms with Crippen molar-refractivity contribution in [2.75, 3.05) is 25.1 Å². The average molecular weight is 272 g/mol. The van der Waals surface area contributed by atoms with Gasteiger partial charge in [0.2, 0.25) is 0 Å². The van der Waals surface area contributed by atoms with Crippen molar-refractivity contribution in [1.82, 2.24) is 4.98 Å². The molecular formula is C12H20N2O3S. The summed E-state index contributed by atoms with van der Waals surface area (Å²) in [7, 11) is 0. The SMILES string of the molecule is CCOC(=O)c1nc(NCC(C)OCC)sc1C. The fourth-order valence-electron chi connectivity index (χ4n) is 1.44. The van der Waals surface area contributed by atoms with E-state index in [0.29, 0.717) is 25.5 Å². The zero-order valence-electron chi connectivity index (χ0n) is 11.3. The number of anilines is 1. The van der Waals surface area contributed by atoms with Crippen molar-refractivity contribution in [3.05, 3.63) is 10.6 Å². The van der Waals surface area contributed by atoms with Gasteiger partial charge in [-0.3, -0.25) is 0 Å². The average Bonchev–Trinajstić information content (AvgIpc) is 2.69. The molecule has 6 heteroatoms. The monoisotopic (exact) mass is 272 g/mol. The predicted molar refractivity (Wildman–Crippen MR) is 72.4 cm³/mol. The maximum Gasteiger partial charge on any atom is 0.358 e. The molecule has 0 fully saturated rings. The Morgan fingerprint density at radius 2 is 2.17 bits per heavy atom. The van der Waals surface area contributed by atoms with Crippen molar-refractivity contribution < 1.29 is 14.3 Å². The Balaban J connectivity index is 2.58. The van der Waals surface area contributed by atoms with Gasteiger partial charge in [-0.1, -0.05) is 0 Å². The van der Waals surface area contributed by atoms with Crippen LogP contribution in [-0.2, 0) is 9.47 Å². The molecule has 1 heterocycles. The summed E-state index contributed by atoms with van der Waals surface area (Å²) in [5.74, 6) is -0.364. The lowest BCUT2D eigenvalue weighted by molar-refractivity contribution is 0.0519. The van der Waals surface area contributed by atoms with Crippen LogP contribution in [0.4, 0.5) is 5.13 Å². The highest BCUT2D eigenvalue weighted by Gasteiger charge is 2.16. The summed E-state index contributed by atoms with van der Waals surface area (Å²) >= 11 is 1.45. The molecule has 0 bridgehead atoms. The second-order valence-corrected chi connectivity index (χ2v) is 4.99. The summed E-state index contributed by atoms with van der Waals surface area (Å²) in [6.45, 7) is 9.31. The molecule has 0 saturated carbocycles. The van der Waals surface area contributed by atoms with Gasteiger partial charge in [0.05, 0.1) is 12.7 Å². The van der Waals surface area contributed by atoms with Gasteiger partial charge >= 0.3 is 5.97 Å². The fraction of sp³-hybridized carbons (Fsp3) is 0.667. The van der Waals surface area contributed by atoms with Gasteiger partial charge < -0.3 is 14.8 Å². The Bertz CT molecular complexity index is 393. The molecule has 0 saturated heterocycles. The second-order valence-electron chi connectivity index (χ2n) is 3.79. The molecule has 0 aliphatic carbocycles. The first-order valence-corrected chi connectivity index (χ1v) is 6.90. The van der Waals surface area contributed by atoms with Crippen molar-refractivity contribution >= 4 is 22.4 Å². The lowest BCUT2D eigenvalue weighted by Gasteiger charge is -2.11. The summed E-state index contributed by atoms with van der Waals surface area (Å²) in [4.78, 5) is 16.7. The van der Waals surface area contributed by atoms with E-state index in [1.807, 2.05) is 20.8 Å². The quantitative estimate of drug-likeness (QED) is 0.773. The lowest BCUT2D eigenvalue weighted by Crippen LogP contribution is -2.19. The topological polar surface area (TPSA) is 60.5 Å². The van der Waals surface area contributed by atoms with Gasteiger partial charge in [-0.25, -0.2) is 9.78 Å². The standard InChI is InChI=1S/C12H20N2O3S/c1-5-16-8(3)7-13-12-14-10(9(4)18-12)11(15)17-6-2/h8H,5-7H2,1-4H3,(H,13,14). The molecule has 1 aromatic rings. The van der Waals surface area contributed by atoms with E-state index in [-0.39, 0.29) is 12.1 Å². The van der Waals surface area contributed by atoms with Crippen molar-refractivity contribution in [2.24, 2.45) is 0 Å². The second kappa shape index (κ2) is 7.33. The predicted octanol–water partition coefficient (Wildman–Crippen LogP) is 2.47. The molecule has 18 heavy (non-hydrogen) atoms. The number of aromatic nitrogens is 1. The zero-order chi connectivity index (χ0) is 13.5. The highest BCUT2D eigenvalue weighted by atomic mass is 32.1. The third-order valence-electron chi connectivity index (χ3n) is 2.26. The van der Waals surface area contributed by atoms with E-state index < -0.39 is 0 Å². The van der Waals surface area contributed by atoms with E-state index in [9.17, 15) is 4.79 Å². The third kappa shape index (κ3) is 4.27. The third-order valence-corrected chi connectivity index (χ3v) is 3.19. The summed E-state index contributed by atoms with van der Waals surface area (Å²) in [5.41, 5.74) is 0.397. The number of ether oxygens (including phenoxy) is 2. The molecule has 0 spiro atoms. The first-order chi connectivity index (χ1) is 8.58. The Labute approximate surface area is 112 Å². The minimum atomic E-state index is -0.364. The van der Waals surface area contributed by atoms with Crippen LogP contribution in [0.3, 0.4) is 0 Å². The number of nitrogens with one attached hydrogen (secondary N) is 1. The first kappa shape index (κ1) is 14.9. The summed E-state index contributed by atoms with van der Waals surface area (Å²) in [6, 6.07) is 0. The molecule has 102 valence electrons. The molecule has 1 N–H and O–H groups in total. The number of hydrogen-bond donors (Lipinski definition) is 1. The van der Waals surface area contributed by atoms with Crippen LogP contribution in [0, 0.1) is 6.92 Å². The van der Waals surface area contributed by atoms with Gasteiger partial charge in [0.25, 0.3) is 0 Å². The Kier molecular flexibility index (Phi) is 6.07.